The lowest BCUT2D eigenvalue weighted by molar-refractivity contribution is -0.120. The summed E-state index contributed by atoms with van der Waals surface area (Å²) in [5.74, 6) is 0.00353. The number of halogens is 2. The van der Waals surface area contributed by atoms with Gasteiger partial charge in [-0.05, 0) is 36.8 Å². The van der Waals surface area contributed by atoms with Crippen LogP contribution >= 0.6 is 34.5 Å². The van der Waals surface area contributed by atoms with E-state index in [9.17, 15) is 4.79 Å². The molecule has 0 aliphatic heterocycles. The van der Waals surface area contributed by atoms with Gasteiger partial charge in [-0.2, -0.15) is 4.99 Å². The van der Waals surface area contributed by atoms with Crippen molar-refractivity contribution in [1.82, 2.24) is 4.57 Å². The molecule has 0 aliphatic carbocycles. The first-order valence-electron chi connectivity index (χ1n) is 7.85. The van der Waals surface area contributed by atoms with Crippen molar-refractivity contribution in [2.75, 3.05) is 6.61 Å². The molecular formula is C19H16Cl2N2O2S. The normalized spacial score (nSPS) is 11.7. The summed E-state index contributed by atoms with van der Waals surface area (Å²) < 4.78 is 8.52. The molecule has 0 aliphatic rings. The molecule has 0 spiro atoms. The molecular weight excluding hydrogens is 391 g/mol. The minimum Gasteiger partial charge on any atom is -0.482 e. The second-order valence-corrected chi connectivity index (χ2v) is 7.43. The summed E-state index contributed by atoms with van der Waals surface area (Å²) in [5.41, 5.74) is 2.18. The molecule has 3 rings (SSSR count). The Balaban J connectivity index is 1.89. The van der Waals surface area contributed by atoms with E-state index in [1.165, 1.54) is 11.3 Å². The van der Waals surface area contributed by atoms with Gasteiger partial charge < -0.3 is 9.30 Å². The van der Waals surface area contributed by atoms with Crippen LogP contribution in [0.15, 0.2) is 54.0 Å². The van der Waals surface area contributed by atoms with Crippen LogP contribution in [0.4, 0.5) is 0 Å². The van der Waals surface area contributed by atoms with Gasteiger partial charge in [0.1, 0.15) is 5.75 Å². The van der Waals surface area contributed by atoms with Crippen LogP contribution in [0.1, 0.15) is 5.56 Å². The topological polar surface area (TPSA) is 43.6 Å². The van der Waals surface area contributed by atoms with Gasteiger partial charge in [-0.1, -0.05) is 52.7 Å². The van der Waals surface area contributed by atoms with E-state index >= 15 is 0 Å². The third kappa shape index (κ3) is 4.01. The summed E-state index contributed by atoms with van der Waals surface area (Å²) in [6.45, 7) is 6.19. The maximum atomic E-state index is 12.3. The van der Waals surface area contributed by atoms with Crippen LogP contribution in [-0.2, 0) is 11.3 Å². The summed E-state index contributed by atoms with van der Waals surface area (Å²) in [4.78, 5) is 17.1. The Kier molecular flexibility index (Phi) is 5.81. The largest absolute Gasteiger partial charge is 0.482 e. The molecule has 4 nitrogen and oxygen atoms in total. The van der Waals surface area contributed by atoms with Crippen molar-refractivity contribution in [3.05, 3.63) is 69.5 Å². The van der Waals surface area contributed by atoms with Crippen molar-refractivity contribution < 1.29 is 9.53 Å². The van der Waals surface area contributed by atoms with Gasteiger partial charge in [0.15, 0.2) is 11.4 Å². The highest BCUT2D eigenvalue weighted by atomic mass is 35.5. The molecule has 0 unspecified atom stereocenters. The number of carbonyl (C=O) groups excluding carboxylic acids is 1. The summed E-state index contributed by atoms with van der Waals surface area (Å²) in [7, 11) is 0. The highest BCUT2D eigenvalue weighted by molar-refractivity contribution is 7.16. The van der Waals surface area contributed by atoms with Gasteiger partial charge in [-0.3, -0.25) is 4.79 Å². The molecule has 0 bridgehead atoms. The number of allylic oxidation sites excluding steroid dienone is 1. The number of rotatable bonds is 5. The number of fused-ring (bicyclic) bond motifs is 1. The van der Waals surface area contributed by atoms with E-state index in [2.05, 4.69) is 11.6 Å². The fourth-order valence-electron chi connectivity index (χ4n) is 2.56. The van der Waals surface area contributed by atoms with Crippen molar-refractivity contribution in [3.63, 3.8) is 0 Å². The van der Waals surface area contributed by atoms with E-state index in [1.54, 1.807) is 24.3 Å². The van der Waals surface area contributed by atoms with E-state index < -0.39 is 5.91 Å². The Bertz CT molecular complexity index is 1050. The summed E-state index contributed by atoms with van der Waals surface area (Å²) in [5, 5.41) is 0.856. The fourth-order valence-corrected chi connectivity index (χ4v) is 4.16. The lowest BCUT2D eigenvalue weighted by Gasteiger charge is -2.06. The number of para-hydroxylation sites is 1. The van der Waals surface area contributed by atoms with Gasteiger partial charge in [0.05, 0.1) is 15.2 Å². The van der Waals surface area contributed by atoms with Crippen molar-refractivity contribution in [2.24, 2.45) is 4.99 Å². The molecule has 1 heterocycles. The summed E-state index contributed by atoms with van der Waals surface area (Å²) in [6, 6.07) is 10.9. The van der Waals surface area contributed by atoms with Crippen molar-refractivity contribution in [3.8, 4) is 5.75 Å². The molecule has 0 fully saturated rings. The number of amides is 1. The molecule has 3 aromatic rings. The zero-order valence-corrected chi connectivity index (χ0v) is 16.4. The number of nitrogens with zero attached hydrogens (tertiary/aromatic N) is 2. The average molecular weight is 407 g/mol. The zero-order valence-electron chi connectivity index (χ0n) is 14.0. The molecule has 1 aromatic heterocycles. The van der Waals surface area contributed by atoms with Gasteiger partial charge in [0, 0.05) is 11.6 Å². The van der Waals surface area contributed by atoms with Crippen molar-refractivity contribution in [1.29, 1.82) is 0 Å². The van der Waals surface area contributed by atoms with Crippen LogP contribution in [0.25, 0.3) is 10.2 Å². The molecule has 1 amide bonds. The molecule has 0 saturated heterocycles. The number of ether oxygens (including phenoxy) is 1. The number of benzene rings is 2. The van der Waals surface area contributed by atoms with Crippen molar-refractivity contribution in [2.45, 2.75) is 13.5 Å². The van der Waals surface area contributed by atoms with E-state index in [-0.39, 0.29) is 6.61 Å². The molecule has 0 radical (unpaired) electrons. The molecule has 26 heavy (non-hydrogen) atoms. The number of aromatic nitrogens is 1. The first kappa shape index (κ1) is 18.7. The van der Waals surface area contributed by atoms with Crippen LogP contribution < -0.4 is 9.54 Å². The molecule has 0 N–H and O–H groups in total. The number of hydrogen-bond donors (Lipinski definition) is 0. The monoisotopic (exact) mass is 406 g/mol. The third-order valence-electron chi connectivity index (χ3n) is 3.68. The fraction of sp³-hybridized carbons (Fsp3) is 0.158. The standard InChI is InChI=1S/C19H16Cl2N2O2S/c1-3-9-23-18-12(2)5-4-6-16(18)26-19(23)22-17(24)11-25-15-8-7-13(20)10-14(15)21/h3-8,10H,1,9,11H2,2H3. The Hall–Kier alpha value is -2.08. The second kappa shape index (κ2) is 8.08. The van der Waals surface area contributed by atoms with Crippen molar-refractivity contribution >= 4 is 50.7 Å². The van der Waals surface area contributed by atoms with E-state index in [1.807, 2.05) is 29.7 Å². The lowest BCUT2D eigenvalue weighted by Crippen LogP contribution is -2.19. The number of thiazole rings is 1. The Morgan fingerprint density at radius 2 is 2.15 bits per heavy atom. The molecule has 0 saturated carbocycles. The first-order valence-corrected chi connectivity index (χ1v) is 9.42. The number of carbonyl (C=O) groups is 1. The number of aryl methyl sites for hydroxylation is 1. The van der Waals surface area contributed by atoms with Gasteiger partial charge in [0.25, 0.3) is 5.91 Å². The minimum atomic E-state index is -0.391. The average Bonchev–Trinajstić information content (AvgIpc) is 2.93. The van der Waals surface area contributed by atoms with Gasteiger partial charge >= 0.3 is 0 Å². The van der Waals surface area contributed by atoms with Gasteiger partial charge in [-0.15, -0.1) is 6.58 Å². The zero-order chi connectivity index (χ0) is 18.7. The highest BCUT2D eigenvalue weighted by Gasteiger charge is 2.10. The lowest BCUT2D eigenvalue weighted by atomic mass is 10.2. The van der Waals surface area contributed by atoms with Gasteiger partial charge in [0.2, 0.25) is 0 Å². The highest BCUT2D eigenvalue weighted by Crippen LogP contribution is 2.27. The maximum absolute atomic E-state index is 12.3. The van der Waals surface area contributed by atoms with E-state index in [0.29, 0.717) is 27.1 Å². The second-order valence-electron chi connectivity index (χ2n) is 5.57. The molecule has 0 atom stereocenters. The predicted octanol–water partition coefficient (Wildman–Crippen LogP) is 5.01. The summed E-state index contributed by atoms with van der Waals surface area (Å²) in [6.07, 6.45) is 1.78. The van der Waals surface area contributed by atoms with Crippen LogP contribution in [0.5, 0.6) is 5.75 Å². The maximum Gasteiger partial charge on any atom is 0.286 e. The van der Waals surface area contributed by atoms with E-state index in [4.69, 9.17) is 27.9 Å². The molecule has 2 aromatic carbocycles. The number of hydrogen-bond acceptors (Lipinski definition) is 3. The first-order chi connectivity index (χ1) is 12.5. The molecule has 7 heteroatoms. The quantitative estimate of drug-likeness (QED) is 0.558. The third-order valence-corrected chi connectivity index (χ3v) is 5.25. The predicted molar refractivity (Wildman–Crippen MR) is 107 cm³/mol. The smallest absolute Gasteiger partial charge is 0.286 e. The van der Waals surface area contributed by atoms with Crippen LogP contribution in [0, 0.1) is 6.92 Å². The minimum absolute atomic E-state index is 0.206. The Morgan fingerprint density at radius 1 is 1.35 bits per heavy atom. The SMILES string of the molecule is C=CCn1c(=NC(=O)COc2ccc(Cl)cc2Cl)sc2cccc(C)c21. The van der Waals surface area contributed by atoms with E-state index in [0.717, 1.165) is 15.8 Å². The van der Waals surface area contributed by atoms with Crippen LogP contribution in [0.2, 0.25) is 10.0 Å². The van der Waals surface area contributed by atoms with Crippen LogP contribution in [-0.4, -0.2) is 17.1 Å². The molecule has 134 valence electrons. The Labute approximate surface area is 165 Å². The van der Waals surface area contributed by atoms with Crippen LogP contribution in [0.3, 0.4) is 0 Å². The van der Waals surface area contributed by atoms with Gasteiger partial charge in [-0.25, -0.2) is 0 Å². The Morgan fingerprint density at radius 3 is 2.88 bits per heavy atom. The summed E-state index contributed by atoms with van der Waals surface area (Å²) >= 11 is 13.4.